The van der Waals surface area contributed by atoms with Crippen LogP contribution < -0.4 is 26.7 Å². The lowest BCUT2D eigenvalue weighted by Crippen LogP contribution is -2.56. The van der Waals surface area contributed by atoms with Gasteiger partial charge in [0.15, 0.2) is 0 Å². The molecule has 212 valence electrons. The zero-order valence-electron chi connectivity index (χ0n) is 22.3. The molecule has 0 bridgehead atoms. The summed E-state index contributed by atoms with van der Waals surface area (Å²) in [7, 11) is 1.51. The van der Waals surface area contributed by atoms with E-state index in [1.807, 2.05) is 6.07 Å². The first-order chi connectivity index (χ1) is 19.0. The van der Waals surface area contributed by atoms with Gasteiger partial charge in [-0.1, -0.05) is 48.5 Å². The number of hydrogen-bond donors (Lipinski definition) is 4. The maximum absolute atomic E-state index is 12.6. The van der Waals surface area contributed by atoms with E-state index in [2.05, 4.69) is 16.1 Å². The summed E-state index contributed by atoms with van der Waals surface area (Å²) in [5, 5.41) is 5.35. The molecule has 13 heteroatoms. The van der Waals surface area contributed by atoms with Gasteiger partial charge in [-0.2, -0.15) is 0 Å². The second-order valence-corrected chi connectivity index (χ2v) is 8.59. The lowest BCUT2D eigenvalue weighted by atomic mass is 10.2. The molecule has 0 radical (unpaired) electrons. The number of likely N-dealkylation sites (N-methyl/N-ethyl adjacent to an activating group) is 1. The van der Waals surface area contributed by atoms with Gasteiger partial charge in [0.2, 0.25) is 11.8 Å². The maximum Gasteiger partial charge on any atom is 0.408 e. The Hall–Kier alpha value is -5.20. The van der Waals surface area contributed by atoms with Gasteiger partial charge in [-0.15, -0.1) is 0 Å². The van der Waals surface area contributed by atoms with E-state index in [9.17, 15) is 28.8 Å². The van der Waals surface area contributed by atoms with E-state index in [4.69, 9.17) is 10.5 Å². The number of benzene rings is 2. The van der Waals surface area contributed by atoms with Crippen molar-refractivity contribution in [2.45, 2.75) is 32.5 Å². The summed E-state index contributed by atoms with van der Waals surface area (Å²) in [6.45, 7) is 2.03. The molecule has 0 aliphatic heterocycles. The lowest BCUT2D eigenvalue weighted by Gasteiger charge is -2.24. The second kappa shape index (κ2) is 15.3. The summed E-state index contributed by atoms with van der Waals surface area (Å²) in [4.78, 5) is 74.9. The number of nitrogens with zero attached hydrogens (tertiary/aromatic N) is 2. The van der Waals surface area contributed by atoms with Crippen molar-refractivity contribution in [1.82, 2.24) is 21.1 Å². The highest BCUT2D eigenvalue weighted by molar-refractivity contribution is 6.05. The van der Waals surface area contributed by atoms with Gasteiger partial charge in [-0.25, -0.2) is 9.80 Å². The van der Waals surface area contributed by atoms with Crippen LogP contribution in [-0.4, -0.2) is 66.3 Å². The van der Waals surface area contributed by atoms with Crippen LogP contribution in [0.5, 0.6) is 0 Å². The van der Waals surface area contributed by atoms with Gasteiger partial charge in [0.05, 0.1) is 0 Å². The molecule has 0 aliphatic carbocycles. The Labute approximate surface area is 231 Å². The van der Waals surface area contributed by atoms with Crippen molar-refractivity contribution >= 4 is 41.3 Å². The monoisotopic (exact) mass is 552 g/mol. The van der Waals surface area contributed by atoms with Crippen LogP contribution in [0.2, 0.25) is 0 Å². The molecule has 2 rings (SSSR count). The van der Waals surface area contributed by atoms with Crippen LogP contribution in [0, 0.1) is 0 Å². The van der Waals surface area contributed by atoms with Crippen LogP contribution in [0.15, 0.2) is 72.8 Å². The highest BCUT2D eigenvalue weighted by Crippen LogP contribution is 2.11. The van der Waals surface area contributed by atoms with E-state index >= 15 is 0 Å². The molecule has 40 heavy (non-hydrogen) atoms. The van der Waals surface area contributed by atoms with Crippen molar-refractivity contribution in [3.63, 3.8) is 0 Å². The normalized spacial score (nSPS) is 12.0. The highest BCUT2D eigenvalue weighted by atomic mass is 16.5. The number of hydrogen-bond acceptors (Lipinski definition) is 7. The van der Waals surface area contributed by atoms with Gasteiger partial charge in [0.25, 0.3) is 17.7 Å². The average molecular weight is 553 g/mol. The first kappa shape index (κ1) is 31.0. The number of ether oxygens (including phenoxy) is 1. The first-order valence-electron chi connectivity index (χ1n) is 12.2. The lowest BCUT2D eigenvalue weighted by molar-refractivity contribution is -0.142. The molecule has 0 saturated heterocycles. The van der Waals surface area contributed by atoms with E-state index in [0.29, 0.717) is 10.7 Å². The maximum atomic E-state index is 12.6. The fourth-order valence-corrected chi connectivity index (χ4v) is 3.09. The molecule has 0 aliphatic rings. The predicted molar refractivity (Wildman–Crippen MR) is 145 cm³/mol. The Morgan fingerprint density at radius 3 is 1.98 bits per heavy atom. The average Bonchev–Trinajstić information content (AvgIpc) is 2.94. The molecule has 0 saturated carbocycles. The largest absolute Gasteiger partial charge is 0.445 e. The molecule has 13 nitrogen and oxygen atoms in total. The van der Waals surface area contributed by atoms with Crippen LogP contribution >= 0.6 is 0 Å². The van der Waals surface area contributed by atoms with Gasteiger partial charge in [0, 0.05) is 24.9 Å². The van der Waals surface area contributed by atoms with Gasteiger partial charge in [0.1, 0.15) is 25.2 Å². The zero-order chi connectivity index (χ0) is 29.7. The SMILES string of the molecule is C[C@H](NC(=O)OCc1ccccc1)C(=O)N[C@@H](C)C(=O)NN(CC(N)=O)C(=O)/C=C/C(=O)N(C)c1ccccc1. The Balaban J connectivity index is 1.90. The number of carbonyl (C=O) groups is 6. The van der Waals surface area contributed by atoms with Gasteiger partial charge in [-0.3, -0.25) is 29.4 Å². The first-order valence-corrected chi connectivity index (χ1v) is 12.2. The number of para-hydroxylation sites is 1. The van der Waals surface area contributed by atoms with Crippen LogP contribution in [-0.2, 0) is 35.3 Å². The van der Waals surface area contributed by atoms with Crippen LogP contribution in [0.1, 0.15) is 19.4 Å². The summed E-state index contributed by atoms with van der Waals surface area (Å²) < 4.78 is 5.07. The van der Waals surface area contributed by atoms with E-state index in [1.54, 1.807) is 54.6 Å². The van der Waals surface area contributed by atoms with Crippen molar-refractivity contribution in [2.24, 2.45) is 5.73 Å². The zero-order valence-corrected chi connectivity index (χ0v) is 22.3. The van der Waals surface area contributed by atoms with Gasteiger partial charge < -0.3 is 26.0 Å². The summed E-state index contributed by atoms with van der Waals surface area (Å²) in [6, 6.07) is 15.4. The van der Waals surface area contributed by atoms with Crippen LogP contribution in [0.25, 0.3) is 0 Å². The summed E-state index contributed by atoms with van der Waals surface area (Å²) in [5.41, 5.74) is 8.73. The molecule has 2 aromatic rings. The molecule has 0 unspecified atom stereocenters. The number of primary amides is 1. The number of nitrogens with one attached hydrogen (secondary N) is 3. The third kappa shape index (κ3) is 10.3. The van der Waals surface area contributed by atoms with Crippen LogP contribution in [0.4, 0.5) is 10.5 Å². The van der Waals surface area contributed by atoms with E-state index < -0.39 is 54.3 Å². The van der Waals surface area contributed by atoms with Crippen LogP contribution in [0.3, 0.4) is 0 Å². The molecular formula is C27H32N6O7. The quantitative estimate of drug-likeness (QED) is 0.230. The third-order valence-corrected chi connectivity index (χ3v) is 5.36. The minimum atomic E-state index is -1.19. The minimum Gasteiger partial charge on any atom is -0.445 e. The van der Waals surface area contributed by atoms with Crippen molar-refractivity contribution in [3.8, 4) is 0 Å². The topological polar surface area (TPSA) is 180 Å². The number of carbonyl (C=O) groups excluding carboxylic acids is 6. The fraction of sp³-hybridized carbons (Fsp3) is 0.259. The number of anilines is 1. The number of rotatable bonds is 11. The van der Waals surface area contributed by atoms with Crippen molar-refractivity contribution in [1.29, 1.82) is 0 Å². The van der Waals surface area contributed by atoms with E-state index in [-0.39, 0.29) is 6.61 Å². The predicted octanol–water partition coefficient (Wildman–Crippen LogP) is 0.370. The Bertz CT molecular complexity index is 1240. The molecule has 6 amide bonds. The molecular weight excluding hydrogens is 520 g/mol. The summed E-state index contributed by atoms with van der Waals surface area (Å²) in [6.07, 6.45) is 1.02. The van der Waals surface area contributed by atoms with E-state index in [1.165, 1.54) is 25.8 Å². The highest BCUT2D eigenvalue weighted by Gasteiger charge is 2.24. The molecule has 0 heterocycles. The molecule has 0 fully saturated rings. The van der Waals surface area contributed by atoms with Crippen molar-refractivity contribution in [3.05, 3.63) is 78.4 Å². The van der Waals surface area contributed by atoms with Gasteiger partial charge >= 0.3 is 6.09 Å². The van der Waals surface area contributed by atoms with Crippen molar-refractivity contribution in [2.75, 3.05) is 18.5 Å². The standard InChI is InChI=1S/C27H32N6O7/c1-18(30-27(39)40-17-20-10-6-4-7-11-20)25(37)29-19(2)26(38)31-33(16-22(28)34)24(36)15-14-23(35)32(3)21-12-8-5-9-13-21/h4-15,18-19H,16-17H2,1-3H3,(H2,28,34)(H,29,37)(H,30,39)(H,31,38)/b15-14+/t18-,19-/m0/s1. The smallest absolute Gasteiger partial charge is 0.408 e. The number of alkyl carbamates (subject to hydrolysis) is 1. The second-order valence-electron chi connectivity index (χ2n) is 8.59. The van der Waals surface area contributed by atoms with Crippen molar-refractivity contribution < 1.29 is 33.5 Å². The fourth-order valence-electron chi connectivity index (χ4n) is 3.09. The Morgan fingerprint density at radius 2 is 1.38 bits per heavy atom. The van der Waals surface area contributed by atoms with E-state index in [0.717, 1.165) is 17.7 Å². The number of hydrazine groups is 1. The minimum absolute atomic E-state index is 0.00608. The molecule has 0 aromatic heterocycles. The molecule has 0 spiro atoms. The molecule has 2 atom stereocenters. The Morgan fingerprint density at radius 1 is 0.825 bits per heavy atom. The number of amides is 6. The Kier molecular flexibility index (Phi) is 11.8. The van der Waals surface area contributed by atoms with Gasteiger partial charge in [-0.05, 0) is 31.5 Å². The third-order valence-electron chi connectivity index (χ3n) is 5.36. The molecule has 5 N–H and O–H groups in total. The summed E-state index contributed by atoms with van der Waals surface area (Å²) in [5.74, 6) is -3.94. The number of nitrogens with two attached hydrogens (primary N) is 1. The molecule has 2 aromatic carbocycles. The summed E-state index contributed by atoms with van der Waals surface area (Å²) >= 11 is 0.